The number of carbonyl (C=O) groups is 1. The van der Waals surface area contributed by atoms with E-state index in [0.717, 1.165) is 28.2 Å². The average Bonchev–Trinajstić information content (AvgIpc) is 2.64. The van der Waals surface area contributed by atoms with Crippen molar-refractivity contribution in [2.45, 2.75) is 27.2 Å². The van der Waals surface area contributed by atoms with Crippen molar-refractivity contribution >= 4 is 5.97 Å². The Labute approximate surface area is 106 Å². The zero-order chi connectivity index (χ0) is 13.3. The summed E-state index contributed by atoms with van der Waals surface area (Å²) in [5.74, 6) is -0.842. The molecule has 0 bridgehead atoms. The molecule has 0 aliphatic carbocycles. The van der Waals surface area contributed by atoms with Crippen LogP contribution in [0.15, 0.2) is 24.5 Å². The van der Waals surface area contributed by atoms with Crippen LogP contribution in [-0.4, -0.2) is 20.6 Å². The molecule has 2 aromatic rings. The van der Waals surface area contributed by atoms with Crippen LogP contribution in [-0.2, 0) is 11.2 Å². The van der Waals surface area contributed by atoms with Crippen LogP contribution < -0.4 is 0 Å². The molecular weight excluding hydrogens is 228 g/mol. The van der Waals surface area contributed by atoms with Crippen molar-refractivity contribution in [2.75, 3.05) is 0 Å². The maximum Gasteiger partial charge on any atom is 0.309 e. The average molecular weight is 244 g/mol. The van der Waals surface area contributed by atoms with Crippen LogP contribution in [0.1, 0.15) is 22.5 Å². The van der Waals surface area contributed by atoms with E-state index < -0.39 is 5.97 Å². The lowest BCUT2D eigenvalue weighted by Crippen LogP contribution is -2.08. The summed E-state index contributed by atoms with van der Waals surface area (Å²) in [6.45, 7) is 5.86. The molecule has 94 valence electrons. The van der Waals surface area contributed by atoms with E-state index in [-0.39, 0.29) is 6.42 Å². The first-order valence-electron chi connectivity index (χ1n) is 5.81. The van der Waals surface area contributed by atoms with Gasteiger partial charge in [0.05, 0.1) is 24.1 Å². The van der Waals surface area contributed by atoms with E-state index in [1.807, 2.05) is 43.5 Å². The van der Waals surface area contributed by atoms with Crippen molar-refractivity contribution in [1.82, 2.24) is 9.55 Å². The van der Waals surface area contributed by atoms with Gasteiger partial charge in [-0.3, -0.25) is 4.79 Å². The van der Waals surface area contributed by atoms with Gasteiger partial charge in [0.15, 0.2) is 0 Å². The largest absolute Gasteiger partial charge is 0.481 e. The third kappa shape index (κ3) is 2.27. The van der Waals surface area contributed by atoms with E-state index in [4.69, 9.17) is 5.11 Å². The summed E-state index contributed by atoms with van der Waals surface area (Å²) in [5, 5.41) is 8.96. The molecule has 0 amide bonds. The molecule has 0 saturated heterocycles. The smallest absolute Gasteiger partial charge is 0.309 e. The van der Waals surface area contributed by atoms with Gasteiger partial charge in [0, 0.05) is 5.69 Å². The summed E-state index contributed by atoms with van der Waals surface area (Å²) in [5.41, 5.74) is 4.73. The first-order chi connectivity index (χ1) is 8.49. The number of nitrogens with zero attached hydrogens (tertiary/aromatic N) is 2. The van der Waals surface area contributed by atoms with Crippen molar-refractivity contribution in [3.63, 3.8) is 0 Å². The number of carboxylic acids is 1. The number of hydrogen-bond donors (Lipinski definition) is 1. The fourth-order valence-corrected chi connectivity index (χ4v) is 2.01. The lowest BCUT2D eigenvalue weighted by molar-refractivity contribution is -0.136. The fourth-order valence-electron chi connectivity index (χ4n) is 2.01. The molecule has 0 atom stereocenters. The quantitative estimate of drug-likeness (QED) is 0.902. The fraction of sp³-hybridized carbons (Fsp3) is 0.286. The lowest BCUT2D eigenvalue weighted by atomic mass is 10.1. The zero-order valence-electron chi connectivity index (χ0n) is 10.8. The molecule has 0 saturated carbocycles. The first-order valence-corrected chi connectivity index (χ1v) is 5.81. The number of carboxylic acid groups (broad SMARTS) is 1. The van der Waals surface area contributed by atoms with Crippen LogP contribution in [0.2, 0.25) is 0 Å². The molecule has 1 aromatic carbocycles. The number of rotatable bonds is 3. The molecule has 0 spiro atoms. The minimum absolute atomic E-state index is 0.0147. The summed E-state index contributed by atoms with van der Waals surface area (Å²) in [7, 11) is 0. The normalized spacial score (nSPS) is 10.6. The summed E-state index contributed by atoms with van der Waals surface area (Å²) in [6.07, 6.45) is 1.68. The molecule has 0 fully saturated rings. The van der Waals surface area contributed by atoms with Crippen molar-refractivity contribution < 1.29 is 9.90 Å². The zero-order valence-corrected chi connectivity index (χ0v) is 10.8. The van der Waals surface area contributed by atoms with Gasteiger partial charge in [-0.05, 0) is 38.0 Å². The second kappa shape index (κ2) is 4.64. The Morgan fingerprint density at radius 1 is 1.33 bits per heavy atom. The Morgan fingerprint density at radius 3 is 2.72 bits per heavy atom. The summed E-state index contributed by atoms with van der Waals surface area (Å²) < 4.78 is 1.87. The van der Waals surface area contributed by atoms with Gasteiger partial charge in [-0.15, -0.1) is 0 Å². The minimum atomic E-state index is -0.842. The molecule has 18 heavy (non-hydrogen) atoms. The molecule has 0 unspecified atom stereocenters. The summed E-state index contributed by atoms with van der Waals surface area (Å²) >= 11 is 0. The van der Waals surface area contributed by atoms with Gasteiger partial charge in [-0.1, -0.05) is 12.1 Å². The van der Waals surface area contributed by atoms with E-state index >= 15 is 0 Å². The molecule has 1 aromatic heterocycles. The highest BCUT2D eigenvalue weighted by Crippen LogP contribution is 2.20. The van der Waals surface area contributed by atoms with Gasteiger partial charge in [-0.2, -0.15) is 0 Å². The number of aliphatic carboxylic acids is 1. The second-order valence-electron chi connectivity index (χ2n) is 4.51. The standard InChI is InChI=1S/C14H16N2O2/c1-9-4-5-10(2)12(6-9)16-8-15-11(3)13(16)7-14(17)18/h4-6,8H,7H2,1-3H3,(H,17,18). The number of imidazole rings is 1. The van der Waals surface area contributed by atoms with Crippen molar-refractivity contribution in [3.8, 4) is 5.69 Å². The number of benzene rings is 1. The van der Waals surface area contributed by atoms with Gasteiger partial charge >= 0.3 is 5.97 Å². The van der Waals surface area contributed by atoms with E-state index in [1.54, 1.807) is 6.33 Å². The Hall–Kier alpha value is -2.10. The monoisotopic (exact) mass is 244 g/mol. The first kappa shape index (κ1) is 12.4. The Morgan fingerprint density at radius 2 is 2.06 bits per heavy atom. The number of aromatic nitrogens is 2. The van der Waals surface area contributed by atoms with Crippen LogP contribution in [0, 0.1) is 20.8 Å². The predicted molar refractivity (Wildman–Crippen MR) is 69.1 cm³/mol. The molecule has 1 N–H and O–H groups in total. The highest BCUT2D eigenvalue weighted by Gasteiger charge is 2.13. The van der Waals surface area contributed by atoms with Gasteiger partial charge < -0.3 is 9.67 Å². The molecule has 4 nitrogen and oxygen atoms in total. The molecule has 0 aliphatic heterocycles. The summed E-state index contributed by atoms with van der Waals surface area (Å²) in [6, 6.07) is 6.12. The highest BCUT2D eigenvalue weighted by atomic mass is 16.4. The number of aryl methyl sites for hydroxylation is 3. The van der Waals surface area contributed by atoms with Crippen LogP contribution in [0.3, 0.4) is 0 Å². The maximum absolute atomic E-state index is 10.9. The van der Waals surface area contributed by atoms with E-state index in [2.05, 4.69) is 4.98 Å². The van der Waals surface area contributed by atoms with E-state index in [1.165, 1.54) is 0 Å². The molecule has 4 heteroatoms. The topological polar surface area (TPSA) is 55.1 Å². The van der Waals surface area contributed by atoms with Crippen LogP contribution in [0.25, 0.3) is 5.69 Å². The molecule has 0 aliphatic rings. The van der Waals surface area contributed by atoms with E-state index in [9.17, 15) is 4.79 Å². The van der Waals surface area contributed by atoms with Crippen molar-refractivity contribution in [3.05, 3.63) is 47.0 Å². The maximum atomic E-state index is 10.9. The lowest BCUT2D eigenvalue weighted by Gasteiger charge is -2.11. The second-order valence-corrected chi connectivity index (χ2v) is 4.51. The Bertz CT molecular complexity index is 600. The van der Waals surface area contributed by atoms with Crippen LogP contribution >= 0.6 is 0 Å². The molecular formula is C14H16N2O2. The SMILES string of the molecule is Cc1ccc(C)c(-n2cnc(C)c2CC(=O)O)c1. The van der Waals surface area contributed by atoms with Crippen molar-refractivity contribution in [1.29, 1.82) is 0 Å². The Balaban J connectivity index is 2.57. The summed E-state index contributed by atoms with van der Waals surface area (Å²) in [4.78, 5) is 15.1. The van der Waals surface area contributed by atoms with Gasteiger partial charge in [0.25, 0.3) is 0 Å². The third-order valence-corrected chi connectivity index (χ3v) is 3.02. The minimum Gasteiger partial charge on any atom is -0.481 e. The van der Waals surface area contributed by atoms with E-state index in [0.29, 0.717) is 0 Å². The molecule has 2 rings (SSSR count). The van der Waals surface area contributed by atoms with Crippen molar-refractivity contribution in [2.24, 2.45) is 0 Å². The number of hydrogen-bond acceptors (Lipinski definition) is 2. The van der Waals surface area contributed by atoms with Gasteiger partial charge in [0.1, 0.15) is 0 Å². The predicted octanol–water partition coefficient (Wildman–Crippen LogP) is 2.42. The van der Waals surface area contributed by atoms with Crippen LogP contribution in [0.4, 0.5) is 0 Å². The third-order valence-electron chi connectivity index (χ3n) is 3.02. The van der Waals surface area contributed by atoms with Gasteiger partial charge in [0.2, 0.25) is 0 Å². The molecule has 0 radical (unpaired) electrons. The van der Waals surface area contributed by atoms with Crippen LogP contribution in [0.5, 0.6) is 0 Å². The highest BCUT2D eigenvalue weighted by molar-refractivity contribution is 5.70. The Kier molecular flexibility index (Phi) is 3.19. The molecule has 1 heterocycles. The van der Waals surface area contributed by atoms with Gasteiger partial charge in [-0.25, -0.2) is 4.98 Å².